The molecule has 14 nitrogen and oxygen atoms in total. The molecule has 2 aromatic heterocycles. The summed E-state index contributed by atoms with van der Waals surface area (Å²) in [5, 5.41) is 9.06. The number of nitrogens with zero attached hydrogens (tertiary/aromatic N) is 7. The second kappa shape index (κ2) is 15.0. The number of hydrogen-bond acceptors (Lipinski definition) is 11. The summed E-state index contributed by atoms with van der Waals surface area (Å²) in [5.74, 6) is -1.80. The molecule has 1 aliphatic carbocycles. The number of amides is 4. The average molecular weight is 771 g/mol. The van der Waals surface area contributed by atoms with Gasteiger partial charge in [0.05, 0.1) is 17.3 Å². The quantitative estimate of drug-likeness (QED) is 0.142. The molecule has 15 heteroatoms. The predicted octanol–water partition coefficient (Wildman–Crippen LogP) is 6.07. The molecule has 1 saturated carbocycles. The molecule has 4 aliphatic rings. The average Bonchev–Trinajstić information content (AvgIpc) is 3.93. The summed E-state index contributed by atoms with van der Waals surface area (Å²) >= 11 is 0. The number of para-hydroxylation sites is 1. The van der Waals surface area contributed by atoms with Crippen molar-refractivity contribution in [1.82, 2.24) is 34.6 Å². The fourth-order valence-corrected chi connectivity index (χ4v) is 8.70. The molecule has 0 radical (unpaired) electrons. The summed E-state index contributed by atoms with van der Waals surface area (Å²) in [6.45, 7) is 1.88. The summed E-state index contributed by atoms with van der Waals surface area (Å²) in [7, 11) is 1.94. The molecular formula is C42H43FN10O4. The lowest BCUT2D eigenvalue weighted by Crippen LogP contribution is -2.54. The molecule has 0 spiro atoms. The number of imidazole rings is 1. The van der Waals surface area contributed by atoms with E-state index >= 15 is 4.39 Å². The van der Waals surface area contributed by atoms with Crippen LogP contribution in [0.4, 0.5) is 33.3 Å². The van der Waals surface area contributed by atoms with Crippen molar-refractivity contribution in [1.29, 1.82) is 0 Å². The summed E-state index contributed by atoms with van der Waals surface area (Å²) in [6.07, 6.45) is 8.09. The zero-order valence-corrected chi connectivity index (χ0v) is 31.6. The monoisotopic (exact) mass is 770 g/mol. The number of piperidine rings is 2. The van der Waals surface area contributed by atoms with E-state index in [-0.39, 0.29) is 36.6 Å². The lowest BCUT2D eigenvalue weighted by molar-refractivity contribution is -0.136. The number of nitrogens with one attached hydrogen (secondary N) is 3. The van der Waals surface area contributed by atoms with E-state index < -0.39 is 35.5 Å². The number of imide groups is 2. The van der Waals surface area contributed by atoms with Crippen LogP contribution >= 0.6 is 0 Å². The van der Waals surface area contributed by atoms with Gasteiger partial charge in [0.15, 0.2) is 5.65 Å². The second-order valence-corrected chi connectivity index (χ2v) is 15.4. The number of halogens is 1. The number of aromatic nitrogens is 4. The molecular weight excluding hydrogens is 728 g/mol. The minimum absolute atomic E-state index is 0.0197. The molecule has 292 valence electrons. The van der Waals surface area contributed by atoms with E-state index in [0.717, 1.165) is 83.9 Å². The molecule has 9 rings (SSSR count). The van der Waals surface area contributed by atoms with Gasteiger partial charge in [0, 0.05) is 60.8 Å². The van der Waals surface area contributed by atoms with Gasteiger partial charge >= 0.3 is 0 Å². The van der Waals surface area contributed by atoms with Gasteiger partial charge in [-0.05, 0) is 87.7 Å². The van der Waals surface area contributed by atoms with E-state index in [2.05, 4.69) is 47.4 Å². The molecule has 3 aliphatic heterocycles. The first-order valence-electron chi connectivity index (χ1n) is 19.6. The molecule has 3 N–H and O–H groups in total. The summed E-state index contributed by atoms with van der Waals surface area (Å²) in [5.41, 5.74) is 4.83. The standard InChI is InChI=1S/C42H43FN10O4/c1-50(24-25-21-31-32(22-33(25)43)40(57)53(39(31)56)35-15-16-36(54)48-38(35)55)28-17-19-51(20-18-28)29-13-11-27(12-14-29)45-41-44-23-34-37(49-41)52(30-9-5-6-10-30)42(47-34)46-26-7-3-2-4-8-26/h2-4,7-8,11-14,21-23,28,30,35H,5-6,9-10,15-20,24H2,1H3,(H,46,47)(H,44,45,49)(H,48,54,55). The Balaban J connectivity index is 0.824. The smallest absolute Gasteiger partial charge is 0.262 e. The van der Waals surface area contributed by atoms with Crippen molar-refractivity contribution in [3.63, 3.8) is 0 Å². The van der Waals surface area contributed by atoms with Crippen molar-refractivity contribution in [2.45, 2.75) is 76.0 Å². The van der Waals surface area contributed by atoms with E-state index in [4.69, 9.17) is 9.97 Å². The van der Waals surface area contributed by atoms with Crippen LogP contribution < -0.4 is 20.9 Å². The van der Waals surface area contributed by atoms with Crippen molar-refractivity contribution < 1.29 is 23.6 Å². The van der Waals surface area contributed by atoms with Crippen LogP contribution in [0.25, 0.3) is 11.2 Å². The Hall–Kier alpha value is -6.22. The van der Waals surface area contributed by atoms with Gasteiger partial charge in [-0.3, -0.25) is 38.9 Å². The highest BCUT2D eigenvalue weighted by Gasteiger charge is 2.45. The van der Waals surface area contributed by atoms with Crippen LogP contribution in [-0.4, -0.2) is 85.2 Å². The summed E-state index contributed by atoms with van der Waals surface area (Å²) < 4.78 is 17.6. The van der Waals surface area contributed by atoms with Gasteiger partial charge in [-0.2, -0.15) is 4.98 Å². The molecule has 3 aromatic carbocycles. The summed E-state index contributed by atoms with van der Waals surface area (Å²) in [4.78, 5) is 70.1. The van der Waals surface area contributed by atoms with Gasteiger partial charge in [-0.25, -0.2) is 14.4 Å². The third-order valence-corrected chi connectivity index (χ3v) is 11.8. The molecule has 2 saturated heterocycles. The second-order valence-electron chi connectivity index (χ2n) is 15.4. The Kier molecular flexibility index (Phi) is 9.60. The van der Waals surface area contributed by atoms with Gasteiger partial charge in [0.25, 0.3) is 11.8 Å². The minimum Gasteiger partial charge on any atom is -0.371 e. The van der Waals surface area contributed by atoms with Gasteiger partial charge < -0.3 is 15.5 Å². The normalized spacial score (nSPS) is 19.2. The van der Waals surface area contributed by atoms with Gasteiger partial charge in [0.1, 0.15) is 17.4 Å². The predicted molar refractivity (Wildman–Crippen MR) is 212 cm³/mol. The van der Waals surface area contributed by atoms with Crippen molar-refractivity contribution >= 4 is 63.8 Å². The summed E-state index contributed by atoms with van der Waals surface area (Å²) in [6, 6.07) is 20.2. The number of benzene rings is 3. The molecule has 1 unspecified atom stereocenters. The Morgan fingerprint density at radius 3 is 2.26 bits per heavy atom. The zero-order chi connectivity index (χ0) is 39.2. The molecule has 5 aromatic rings. The van der Waals surface area contributed by atoms with Crippen LogP contribution in [0, 0.1) is 5.82 Å². The third-order valence-electron chi connectivity index (χ3n) is 11.8. The maximum Gasteiger partial charge on any atom is 0.262 e. The highest BCUT2D eigenvalue weighted by atomic mass is 19.1. The van der Waals surface area contributed by atoms with E-state index in [1.54, 1.807) is 6.20 Å². The third kappa shape index (κ3) is 7.07. The lowest BCUT2D eigenvalue weighted by atomic mass is 10.0. The van der Waals surface area contributed by atoms with Gasteiger partial charge in [-0.15, -0.1) is 0 Å². The first-order chi connectivity index (χ1) is 27.7. The number of carbonyl (C=O) groups excluding carboxylic acids is 4. The molecule has 57 heavy (non-hydrogen) atoms. The van der Waals surface area contributed by atoms with Gasteiger partial charge in [0.2, 0.25) is 23.7 Å². The van der Waals surface area contributed by atoms with E-state index in [1.807, 2.05) is 49.5 Å². The Morgan fingerprint density at radius 2 is 1.54 bits per heavy atom. The van der Waals surface area contributed by atoms with Crippen molar-refractivity contribution in [2.75, 3.05) is 35.7 Å². The van der Waals surface area contributed by atoms with E-state index in [0.29, 0.717) is 17.6 Å². The Bertz CT molecular complexity index is 2370. The fraction of sp³-hybridized carbons (Fsp3) is 0.357. The maximum absolute atomic E-state index is 15.4. The first kappa shape index (κ1) is 36.4. The molecule has 3 fully saturated rings. The van der Waals surface area contributed by atoms with E-state index in [9.17, 15) is 19.2 Å². The Labute approximate surface area is 328 Å². The molecule has 0 bridgehead atoms. The van der Waals surface area contributed by atoms with Gasteiger partial charge in [-0.1, -0.05) is 31.0 Å². The van der Waals surface area contributed by atoms with Crippen LogP contribution in [0.5, 0.6) is 0 Å². The Morgan fingerprint density at radius 1 is 0.842 bits per heavy atom. The van der Waals surface area contributed by atoms with Crippen molar-refractivity contribution in [2.24, 2.45) is 0 Å². The number of fused-ring (bicyclic) bond motifs is 2. The zero-order valence-electron chi connectivity index (χ0n) is 31.6. The van der Waals surface area contributed by atoms with Crippen LogP contribution in [-0.2, 0) is 16.1 Å². The molecule has 4 amide bonds. The minimum atomic E-state index is -1.10. The number of rotatable bonds is 10. The topological polar surface area (TPSA) is 158 Å². The largest absolute Gasteiger partial charge is 0.371 e. The van der Waals surface area contributed by atoms with Crippen molar-refractivity contribution in [3.8, 4) is 0 Å². The highest BCUT2D eigenvalue weighted by molar-refractivity contribution is 6.23. The first-order valence-corrected chi connectivity index (χ1v) is 19.6. The highest BCUT2D eigenvalue weighted by Crippen LogP contribution is 2.36. The number of anilines is 5. The van der Waals surface area contributed by atoms with Crippen LogP contribution in [0.3, 0.4) is 0 Å². The van der Waals surface area contributed by atoms with Crippen molar-refractivity contribution in [3.05, 3.63) is 95.4 Å². The molecule has 1 atom stereocenters. The maximum atomic E-state index is 15.4. The van der Waals surface area contributed by atoms with Crippen LogP contribution in [0.2, 0.25) is 0 Å². The lowest BCUT2D eigenvalue weighted by Gasteiger charge is -2.38. The SMILES string of the molecule is CN(Cc1cc2c(cc1F)C(=O)N(C1CCC(=O)NC1=O)C2=O)C1CCN(c2ccc(Nc3ncc4nc(Nc5ccccc5)n(C5CCCC5)c4n3)cc2)CC1. The van der Waals surface area contributed by atoms with E-state index in [1.165, 1.54) is 18.9 Å². The fourth-order valence-electron chi connectivity index (χ4n) is 8.70. The van der Waals surface area contributed by atoms with Crippen LogP contribution in [0.15, 0.2) is 72.9 Å². The molecule has 5 heterocycles. The van der Waals surface area contributed by atoms with Crippen LogP contribution in [0.1, 0.15) is 83.7 Å². The number of hydrogen-bond donors (Lipinski definition) is 3. The number of carbonyl (C=O) groups is 4.